The van der Waals surface area contributed by atoms with E-state index >= 15 is 0 Å². The summed E-state index contributed by atoms with van der Waals surface area (Å²) in [6.07, 6.45) is 1.79. The van der Waals surface area contributed by atoms with E-state index in [0.29, 0.717) is 4.77 Å². The molecule has 0 aliphatic carbocycles. The number of rotatable bonds is 1. The molecule has 2 aromatic heterocycles. The zero-order valence-electron chi connectivity index (χ0n) is 9.21. The Balaban J connectivity index is 2.29. The molecule has 0 unspecified atom stereocenters. The van der Waals surface area contributed by atoms with E-state index in [9.17, 15) is 0 Å². The predicted octanol–water partition coefficient (Wildman–Crippen LogP) is 2.79. The van der Waals surface area contributed by atoms with Gasteiger partial charge in [0.05, 0.1) is 11.2 Å². The molecule has 0 aliphatic rings. The molecule has 0 saturated heterocycles. The second kappa shape index (κ2) is 3.78. The molecule has 0 spiro atoms. The summed E-state index contributed by atoms with van der Waals surface area (Å²) in [5.74, 6) is 0.846. The van der Waals surface area contributed by atoms with Gasteiger partial charge in [-0.3, -0.25) is 14.6 Å². The summed E-state index contributed by atoms with van der Waals surface area (Å²) in [5.41, 5.74) is 1.98. The number of H-pyrrole nitrogens is 1. The van der Waals surface area contributed by atoms with Crippen molar-refractivity contribution in [2.45, 2.75) is 6.92 Å². The highest BCUT2D eigenvalue weighted by atomic mass is 32.1. The Hall–Kier alpha value is -2.01. The minimum Gasteiger partial charge on any atom is -0.272 e. The number of pyridine rings is 1. The van der Waals surface area contributed by atoms with Gasteiger partial charge in [-0.1, -0.05) is 6.07 Å². The highest BCUT2D eigenvalue weighted by Crippen LogP contribution is 2.17. The molecule has 2 heterocycles. The minimum absolute atomic E-state index is 0.603. The molecule has 4 nitrogen and oxygen atoms in total. The number of nitrogens with zero attached hydrogens (tertiary/aromatic N) is 3. The summed E-state index contributed by atoms with van der Waals surface area (Å²) in [4.78, 5) is 4.29. The predicted molar refractivity (Wildman–Crippen MR) is 68.8 cm³/mol. The largest absolute Gasteiger partial charge is 0.272 e. The van der Waals surface area contributed by atoms with Gasteiger partial charge in [-0.05, 0) is 43.4 Å². The van der Waals surface area contributed by atoms with E-state index in [0.717, 1.165) is 22.4 Å². The molecule has 0 radical (unpaired) electrons. The maximum Gasteiger partial charge on any atom is 0.199 e. The fourth-order valence-corrected chi connectivity index (χ4v) is 2.17. The molecular weight excluding hydrogens is 232 g/mol. The van der Waals surface area contributed by atoms with E-state index in [1.165, 1.54) is 0 Å². The molecule has 0 fully saturated rings. The Morgan fingerprint density at radius 1 is 1.29 bits per heavy atom. The number of aryl methyl sites for hydroxylation is 1. The number of benzene rings is 1. The zero-order valence-corrected chi connectivity index (χ0v) is 10.0. The smallest absolute Gasteiger partial charge is 0.199 e. The van der Waals surface area contributed by atoms with Crippen LogP contribution in [0, 0.1) is 11.7 Å². The number of aromatic nitrogens is 4. The van der Waals surface area contributed by atoms with Crippen molar-refractivity contribution in [2.75, 3.05) is 0 Å². The van der Waals surface area contributed by atoms with Crippen LogP contribution in [0.1, 0.15) is 5.82 Å². The van der Waals surface area contributed by atoms with Gasteiger partial charge in [0.2, 0.25) is 0 Å². The summed E-state index contributed by atoms with van der Waals surface area (Å²) >= 11 is 5.21. The second-order valence-corrected chi connectivity index (χ2v) is 4.18. The van der Waals surface area contributed by atoms with Crippen molar-refractivity contribution in [1.29, 1.82) is 0 Å². The molecule has 5 heteroatoms. The first-order valence-corrected chi connectivity index (χ1v) is 5.66. The van der Waals surface area contributed by atoms with Gasteiger partial charge < -0.3 is 0 Å². The van der Waals surface area contributed by atoms with E-state index in [1.807, 2.05) is 35.8 Å². The van der Waals surface area contributed by atoms with E-state index in [-0.39, 0.29) is 0 Å². The van der Waals surface area contributed by atoms with Crippen LogP contribution in [0.4, 0.5) is 0 Å². The van der Waals surface area contributed by atoms with Crippen molar-refractivity contribution < 1.29 is 0 Å². The second-order valence-electron chi connectivity index (χ2n) is 3.79. The lowest BCUT2D eigenvalue weighted by Crippen LogP contribution is -1.97. The summed E-state index contributed by atoms with van der Waals surface area (Å²) in [6, 6.07) is 9.99. The van der Waals surface area contributed by atoms with E-state index in [1.54, 1.807) is 6.20 Å². The summed E-state index contributed by atoms with van der Waals surface area (Å²) in [5, 5.41) is 7.98. The molecule has 1 aromatic carbocycles. The average Bonchev–Trinajstić information content (AvgIpc) is 2.68. The molecule has 0 bridgehead atoms. The van der Waals surface area contributed by atoms with Crippen LogP contribution in [0.25, 0.3) is 16.6 Å². The average molecular weight is 242 g/mol. The lowest BCUT2D eigenvalue weighted by Gasteiger charge is -2.05. The van der Waals surface area contributed by atoms with Crippen molar-refractivity contribution in [3.63, 3.8) is 0 Å². The molecule has 0 amide bonds. The molecule has 3 aromatic rings. The highest BCUT2D eigenvalue weighted by Gasteiger charge is 2.04. The van der Waals surface area contributed by atoms with Crippen LogP contribution >= 0.6 is 12.2 Å². The molecule has 0 saturated carbocycles. The standard InChI is InChI=1S/C12H10N4S/c1-8-14-15-12(17)16(8)10-4-5-11-9(7-10)3-2-6-13-11/h2-7H,1H3,(H,15,17). The van der Waals surface area contributed by atoms with E-state index in [4.69, 9.17) is 12.2 Å². The van der Waals surface area contributed by atoms with Crippen molar-refractivity contribution >= 4 is 23.1 Å². The van der Waals surface area contributed by atoms with Gasteiger partial charge in [-0.15, -0.1) is 0 Å². The number of aromatic amines is 1. The highest BCUT2D eigenvalue weighted by molar-refractivity contribution is 7.71. The Labute approximate surface area is 103 Å². The Bertz CT molecular complexity index is 741. The normalized spacial score (nSPS) is 10.9. The molecule has 84 valence electrons. The Morgan fingerprint density at radius 2 is 2.18 bits per heavy atom. The van der Waals surface area contributed by atoms with Gasteiger partial charge in [0.15, 0.2) is 4.77 Å². The van der Waals surface area contributed by atoms with Crippen molar-refractivity contribution in [3.8, 4) is 5.69 Å². The van der Waals surface area contributed by atoms with Crippen LogP contribution in [-0.4, -0.2) is 19.7 Å². The van der Waals surface area contributed by atoms with Crippen LogP contribution < -0.4 is 0 Å². The minimum atomic E-state index is 0.603. The lowest BCUT2D eigenvalue weighted by molar-refractivity contribution is 0.965. The summed E-state index contributed by atoms with van der Waals surface area (Å²) < 4.78 is 2.51. The van der Waals surface area contributed by atoms with Crippen molar-refractivity contribution in [2.24, 2.45) is 0 Å². The van der Waals surface area contributed by atoms with Crippen molar-refractivity contribution in [1.82, 2.24) is 19.7 Å². The first kappa shape index (κ1) is 10.2. The lowest BCUT2D eigenvalue weighted by atomic mass is 10.2. The van der Waals surface area contributed by atoms with Crippen LogP contribution in [0.3, 0.4) is 0 Å². The monoisotopic (exact) mass is 242 g/mol. The topological polar surface area (TPSA) is 46.5 Å². The van der Waals surface area contributed by atoms with Gasteiger partial charge in [-0.2, -0.15) is 5.10 Å². The molecule has 3 rings (SSSR count). The first-order valence-electron chi connectivity index (χ1n) is 5.25. The van der Waals surface area contributed by atoms with E-state index < -0.39 is 0 Å². The third-order valence-corrected chi connectivity index (χ3v) is 2.96. The van der Waals surface area contributed by atoms with Gasteiger partial charge >= 0.3 is 0 Å². The van der Waals surface area contributed by atoms with E-state index in [2.05, 4.69) is 21.2 Å². The number of nitrogens with one attached hydrogen (secondary N) is 1. The van der Waals surface area contributed by atoms with Crippen LogP contribution in [0.15, 0.2) is 36.5 Å². The number of fused-ring (bicyclic) bond motifs is 1. The van der Waals surface area contributed by atoms with Gasteiger partial charge in [0, 0.05) is 11.6 Å². The van der Waals surface area contributed by atoms with Crippen molar-refractivity contribution in [3.05, 3.63) is 47.1 Å². The third-order valence-electron chi connectivity index (χ3n) is 2.68. The van der Waals surface area contributed by atoms with Gasteiger partial charge in [-0.25, -0.2) is 0 Å². The summed E-state index contributed by atoms with van der Waals surface area (Å²) in [7, 11) is 0. The van der Waals surface area contributed by atoms with Crippen LogP contribution in [-0.2, 0) is 0 Å². The van der Waals surface area contributed by atoms with Crippen LogP contribution in [0.2, 0.25) is 0 Å². The fraction of sp³-hybridized carbons (Fsp3) is 0.0833. The Kier molecular flexibility index (Phi) is 2.26. The van der Waals surface area contributed by atoms with Gasteiger partial charge in [0.25, 0.3) is 0 Å². The quantitative estimate of drug-likeness (QED) is 0.667. The fourth-order valence-electron chi connectivity index (χ4n) is 1.88. The maximum atomic E-state index is 5.21. The Morgan fingerprint density at radius 3 is 2.94 bits per heavy atom. The SMILES string of the molecule is Cc1n[nH]c(=S)n1-c1ccc2ncccc2c1. The summed E-state index contributed by atoms with van der Waals surface area (Å²) in [6.45, 7) is 1.92. The number of hydrogen-bond acceptors (Lipinski definition) is 3. The zero-order chi connectivity index (χ0) is 11.8. The van der Waals surface area contributed by atoms with Gasteiger partial charge in [0.1, 0.15) is 5.82 Å². The third kappa shape index (κ3) is 1.64. The molecule has 17 heavy (non-hydrogen) atoms. The maximum absolute atomic E-state index is 5.21. The van der Waals surface area contributed by atoms with Crippen LogP contribution in [0.5, 0.6) is 0 Å². The molecule has 0 aliphatic heterocycles. The molecular formula is C12H10N4S. The first-order chi connectivity index (χ1) is 8.25. The molecule has 1 N–H and O–H groups in total. The molecule has 0 atom stereocenters. The number of hydrogen-bond donors (Lipinski definition) is 1.